The molecular formula is C25H44O3. The number of carbonyl (C=O) groups is 1. The number of rotatable bonds is 8. The van der Waals surface area contributed by atoms with Crippen LogP contribution in [0.4, 0.5) is 0 Å². The van der Waals surface area contributed by atoms with Crippen molar-refractivity contribution >= 4 is 5.97 Å². The predicted octanol–water partition coefficient (Wildman–Crippen LogP) is 6.68. The minimum absolute atomic E-state index is 0.121. The molecule has 0 atom stereocenters. The van der Waals surface area contributed by atoms with Crippen molar-refractivity contribution in [2.75, 3.05) is 7.11 Å². The van der Waals surface area contributed by atoms with Crippen LogP contribution in [-0.2, 0) is 14.3 Å². The minimum Gasteiger partial charge on any atom is -0.462 e. The van der Waals surface area contributed by atoms with E-state index in [2.05, 4.69) is 6.92 Å². The average Bonchev–Trinajstić information content (AvgIpc) is 2.75. The van der Waals surface area contributed by atoms with Gasteiger partial charge in [0.25, 0.3) is 0 Å². The van der Waals surface area contributed by atoms with Gasteiger partial charge in [-0.2, -0.15) is 0 Å². The number of hydrogen-bond acceptors (Lipinski definition) is 3. The standard InChI is InChI=1S/C25H44O3/c1-3-4-5-6-19-7-15-24(16-8-19)28-25(26)22-11-9-20(10-12-22)21-13-17-23(27-2)18-14-21/h19-24H,3-18H2,1-2H3. The van der Waals surface area contributed by atoms with E-state index in [-0.39, 0.29) is 18.0 Å². The average molecular weight is 393 g/mol. The fraction of sp³-hybridized carbons (Fsp3) is 0.960. The Morgan fingerprint density at radius 1 is 0.750 bits per heavy atom. The maximum absolute atomic E-state index is 12.7. The molecule has 0 aromatic heterocycles. The van der Waals surface area contributed by atoms with Crippen LogP contribution in [0.25, 0.3) is 0 Å². The molecule has 0 heterocycles. The highest BCUT2D eigenvalue weighted by Gasteiger charge is 2.34. The summed E-state index contributed by atoms with van der Waals surface area (Å²) in [7, 11) is 1.85. The Morgan fingerprint density at radius 3 is 1.89 bits per heavy atom. The molecule has 0 spiro atoms. The van der Waals surface area contributed by atoms with E-state index < -0.39 is 0 Å². The quantitative estimate of drug-likeness (QED) is 0.341. The smallest absolute Gasteiger partial charge is 0.309 e. The molecule has 3 aliphatic carbocycles. The van der Waals surface area contributed by atoms with Crippen LogP contribution in [0.2, 0.25) is 0 Å². The van der Waals surface area contributed by atoms with Gasteiger partial charge in [-0.3, -0.25) is 4.79 Å². The molecule has 0 N–H and O–H groups in total. The van der Waals surface area contributed by atoms with Crippen LogP contribution in [0.3, 0.4) is 0 Å². The summed E-state index contributed by atoms with van der Waals surface area (Å²) in [6.45, 7) is 2.27. The van der Waals surface area contributed by atoms with Crippen molar-refractivity contribution in [1.82, 2.24) is 0 Å². The van der Waals surface area contributed by atoms with Crippen LogP contribution in [0.5, 0.6) is 0 Å². The maximum Gasteiger partial charge on any atom is 0.309 e. The molecule has 3 nitrogen and oxygen atoms in total. The minimum atomic E-state index is 0.121. The summed E-state index contributed by atoms with van der Waals surface area (Å²) in [5, 5.41) is 0. The van der Waals surface area contributed by atoms with Crippen molar-refractivity contribution in [3.63, 3.8) is 0 Å². The Kier molecular flexibility index (Phi) is 9.14. The topological polar surface area (TPSA) is 35.5 Å². The fourth-order valence-electron chi connectivity index (χ4n) is 6.10. The van der Waals surface area contributed by atoms with Gasteiger partial charge in [0, 0.05) is 7.11 Å². The Morgan fingerprint density at radius 2 is 1.32 bits per heavy atom. The van der Waals surface area contributed by atoms with Gasteiger partial charge in [0.05, 0.1) is 12.0 Å². The number of methoxy groups -OCH3 is 1. The fourth-order valence-corrected chi connectivity index (χ4v) is 6.10. The zero-order valence-electron chi connectivity index (χ0n) is 18.5. The zero-order valence-corrected chi connectivity index (χ0v) is 18.5. The zero-order chi connectivity index (χ0) is 19.8. The van der Waals surface area contributed by atoms with Crippen molar-refractivity contribution < 1.29 is 14.3 Å². The van der Waals surface area contributed by atoms with Crippen LogP contribution < -0.4 is 0 Å². The lowest BCUT2D eigenvalue weighted by Crippen LogP contribution is -2.32. The second-order valence-electron chi connectivity index (χ2n) is 9.96. The maximum atomic E-state index is 12.7. The molecule has 3 saturated carbocycles. The van der Waals surface area contributed by atoms with E-state index in [4.69, 9.17) is 9.47 Å². The Balaban J connectivity index is 1.31. The van der Waals surface area contributed by atoms with Crippen molar-refractivity contribution in [2.24, 2.45) is 23.7 Å². The van der Waals surface area contributed by atoms with E-state index in [1.165, 1.54) is 77.0 Å². The third kappa shape index (κ3) is 6.47. The summed E-state index contributed by atoms with van der Waals surface area (Å²) in [6, 6.07) is 0. The van der Waals surface area contributed by atoms with Gasteiger partial charge >= 0.3 is 5.97 Å². The molecule has 0 bridgehead atoms. The molecule has 28 heavy (non-hydrogen) atoms. The van der Waals surface area contributed by atoms with Gasteiger partial charge in [0.2, 0.25) is 0 Å². The van der Waals surface area contributed by atoms with Crippen LogP contribution in [0.15, 0.2) is 0 Å². The number of carbonyl (C=O) groups excluding carboxylic acids is 1. The number of hydrogen-bond donors (Lipinski definition) is 0. The summed E-state index contributed by atoms with van der Waals surface area (Å²) >= 11 is 0. The second-order valence-corrected chi connectivity index (χ2v) is 9.96. The van der Waals surface area contributed by atoms with Crippen molar-refractivity contribution in [2.45, 2.75) is 122 Å². The van der Waals surface area contributed by atoms with Gasteiger partial charge in [0.15, 0.2) is 0 Å². The number of esters is 1. The predicted molar refractivity (Wildman–Crippen MR) is 114 cm³/mol. The summed E-state index contributed by atoms with van der Waals surface area (Å²) < 4.78 is 11.5. The first kappa shape index (κ1) is 22.1. The highest BCUT2D eigenvalue weighted by atomic mass is 16.5. The molecule has 0 amide bonds. The molecule has 3 aliphatic rings. The highest BCUT2D eigenvalue weighted by Crippen LogP contribution is 2.41. The molecule has 0 aromatic carbocycles. The molecule has 162 valence electrons. The first-order chi connectivity index (χ1) is 13.7. The first-order valence-corrected chi connectivity index (χ1v) is 12.4. The van der Waals surface area contributed by atoms with Gasteiger partial charge in [-0.05, 0) is 94.8 Å². The molecule has 3 heteroatoms. The SMILES string of the molecule is CCCCCC1CCC(OC(=O)C2CCC(C3CCC(OC)CC3)CC2)CC1. The molecule has 3 fully saturated rings. The number of unbranched alkanes of at least 4 members (excludes halogenated alkanes) is 2. The van der Waals surface area contributed by atoms with Gasteiger partial charge in [-0.1, -0.05) is 32.6 Å². The summed E-state index contributed by atoms with van der Waals surface area (Å²) in [4.78, 5) is 12.7. The molecule has 0 radical (unpaired) electrons. The van der Waals surface area contributed by atoms with Crippen molar-refractivity contribution in [3.8, 4) is 0 Å². The van der Waals surface area contributed by atoms with Crippen molar-refractivity contribution in [3.05, 3.63) is 0 Å². The summed E-state index contributed by atoms with van der Waals surface area (Å²) in [6.07, 6.45) is 20.5. The van der Waals surface area contributed by atoms with Gasteiger partial charge in [-0.25, -0.2) is 0 Å². The Hall–Kier alpha value is -0.570. The lowest BCUT2D eigenvalue weighted by molar-refractivity contribution is -0.157. The van der Waals surface area contributed by atoms with E-state index in [1.807, 2.05) is 7.11 Å². The molecule has 0 aliphatic heterocycles. The van der Waals surface area contributed by atoms with Crippen LogP contribution in [0, 0.1) is 23.7 Å². The van der Waals surface area contributed by atoms with Crippen LogP contribution in [-0.4, -0.2) is 25.3 Å². The molecule has 0 aromatic rings. The molecule has 0 unspecified atom stereocenters. The van der Waals surface area contributed by atoms with Crippen LogP contribution in [0.1, 0.15) is 110 Å². The van der Waals surface area contributed by atoms with E-state index in [9.17, 15) is 4.79 Å². The third-order valence-corrected chi connectivity index (χ3v) is 8.12. The summed E-state index contributed by atoms with van der Waals surface area (Å²) in [5.41, 5.74) is 0. The molecule has 3 rings (SSSR count). The Bertz CT molecular complexity index is 439. The Labute approximate surface area is 173 Å². The largest absolute Gasteiger partial charge is 0.462 e. The third-order valence-electron chi connectivity index (χ3n) is 8.12. The highest BCUT2D eigenvalue weighted by molar-refractivity contribution is 5.72. The lowest BCUT2D eigenvalue weighted by Gasteiger charge is -2.37. The lowest BCUT2D eigenvalue weighted by atomic mass is 9.70. The van der Waals surface area contributed by atoms with Crippen LogP contribution >= 0.6 is 0 Å². The van der Waals surface area contributed by atoms with E-state index in [0.29, 0.717) is 6.10 Å². The summed E-state index contributed by atoms with van der Waals surface area (Å²) in [5.74, 6) is 2.88. The molecule has 0 saturated heterocycles. The second kappa shape index (κ2) is 11.6. The van der Waals surface area contributed by atoms with Gasteiger partial charge in [0.1, 0.15) is 6.10 Å². The van der Waals surface area contributed by atoms with E-state index in [0.717, 1.165) is 43.4 Å². The number of ether oxygens (including phenoxy) is 2. The normalized spacial score (nSPS) is 36.8. The van der Waals surface area contributed by atoms with Gasteiger partial charge in [-0.15, -0.1) is 0 Å². The van der Waals surface area contributed by atoms with E-state index in [1.54, 1.807) is 0 Å². The van der Waals surface area contributed by atoms with Gasteiger partial charge < -0.3 is 9.47 Å². The first-order valence-electron chi connectivity index (χ1n) is 12.4. The molecular weight excluding hydrogens is 348 g/mol. The van der Waals surface area contributed by atoms with E-state index >= 15 is 0 Å². The monoisotopic (exact) mass is 392 g/mol. The van der Waals surface area contributed by atoms with Crippen molar-refractivity contribution in [1.29, 1.82) is 0 Å².